The summed E-state index contributed by atoms with van der Waals surface area (Å²) in [5.74, 6) is -2.20. The van der Waals surface area contributed by atoms with Crippen LogP contribution in [0.3, 0.4) is 0 Å². The largest absolute Gasteiger partial charge is 0.301 e. The quantitative estimate of drug-likeness (QED) is 0.837. The lowest BCUT2D eigenvalue weighted by atomic mass is 9.93. The highest BCUT2D eigenvalue weighted by Gasteiger charge is 2.26. The van der Waals surface area contributed by atoms with Crippen LogP contribution in [0.5, 0.6) is 0 Å². The smallest absolute Gasteiger partial charge is 0.247 e. The molecular weight excluding hydrogens is 333 g/mol. The first-order valence-corrected chi connectivity index (χ1v) is 8.50. The molecule has 114 valence electrons. The normalized spacial score (nSPS) is 14.9. The fourth-order valence-corrected chi connectivity index (χ4v) is 4.64. The minimum absolute atomic E-state index is 0.0560. The zero-order chi connectivity index (χ0) is 15.7. The molecule has 0 spiro atoms. The van der Waals surface area contributed by atoms with E-state index in [-0.39, 0.29) is 4.34 Å². The predicted octanol–water partition coefficient (Wildman–Crippen LogP) is 4.97. The molecule has 0 bridgehead atoms. The van der Waals surface area contributed by atoms with Crippen LogP contribution < -0.4 is 0 Å². The lowest BCUT2D eigenvalue weighted by Crippen LogP contribution is -2.13. The third-order valence-electron chi connectivity index (χ3n) is 2.37. The molecule has 9 heteroatoms. The van der Waals surface area contributed by atoms with Crippen LogP contribution in [0.4, 0.5) is 13.2 Å². The molecule has 0 saturated carbocycles. The Morgan fingerprint density at radius 1 is 1.40 bits per heavy atom. The molecular formula is C11H14ClF3N2OS2. The summed E-state index contributed by atoms with van der Waals surface area (Å²) in [6.45, 7) is 5.55. The van der Waals surface area contributed by atoms with Gasteiger partial charge in [-0.25, -0.2) is 18.4 Å². The second kappa shape index (κ2) is 6.03. The van der Waals surface area contributed by atoms with Gasteiger partial charge in [-0.1, -0.05) is 43.7 Å². The Morgan fingerprint density at radius 3 is 2.35 bits per heavy atom. The summed E-state index contributed by atoms with van der Waals surface area (Å²) < 4.78 is 56.7. The van der Waals surface area contributed by atoms with Crippen molar-refractivity contribution in [2.24, 2.45) is 0 Å². The van der Waals surface area contributed by atoms with Crippen LogP contribution in [0.25, 0.3) is 0 Å². The average molecular weight is 347 g/mol. The number of aromatic nitrogens is 1. The van der Waals surface area contributed by atoms with E-state index in [2.05, 4.69) is 4.98 Å². The number of thiazole rings is 1. The van der Waals surface area contributed by atoms with E-state index in [1.54, 1.807) is 0 Å². The molecule has 0 saturated heterocycles. The van der Waals surface area contributed by atoms with Crippen molar-refractivity contribution in [1.82, 2.24) is 4.98 Å². The van der Waals surface area contributed by atoms with Crippen molar-refractivity contribution in [1.29, 1.82) is 4.78 Å². The Balaban J connectivity index is 3.03. The summed E-state index contributed by atoms with van der Waals surface area (Å²) >= 11 is 6.87. The zero-order valence-electron chi connectivity index (χ0n) is 11.1. The van der Waals surface area contributed by atoms with Crippen molar-refractivity contribution in [2.75, 3.05) is 5.75 Å². The summed E-state index contributed by atoms with van der Waals surface area (Å²) in [4.78, 5) is 4.07. The van der Waals surface area contributed by atoms with Gasteiger partial charge in [-0.3, -0.25) is 0 Å². The van der Waals surface area contributed by atoms with E-state index in [0.29, 0.717) is 10.0 Å². The first-order valence-electron chi connectivity index (χ1n) is 5.58. The zero-order valence-corrected chi connectivity index (χ0v) is 13.5. The van der Waals surface area contributed by atoms with Gasteiger partial charge in [0.1, 0.15) is 14.1 Å². The number of rotatable bonds is 4. The van der Waals surface area contributed by atoms with Gasteiger partial charge < -0.3 is 0 Å². The summed E-state index contributed by atoms with van der Waals surface area (Å²) in [6.07, 6.45) is -3.21. The van der Waals surface area contributed by atoms with Crippen molar-refractivity contribution in [2.45, 2.75) is 36.9 Å². The number of allylic oxidation sites excluding steroid dienone is 1. The Hall–Kier alpha value is -0.600. The SMILES string of the molecule is CC(C)(C)c1nc(S(=N)(=O)CCC(F)=C(F)F)sc1Cl. The van der Waals surface area contributed by atoms with Gasteiger partial charge in [0.05, 0.1) is 5.69 Å². The number of hydrogen-bond donors (Lipinski definition) is 1. The summed E-state index contributed by atoms with van der Waals surface area (Å²) in [5.41, 5.74) is 0.101. The van der Waals surface area contributed by atoms with Gasteiger partial charge in [0.2, 0.25) is 0 Å². The number of nitrogens with one attached hydrogen (secondary N) is 1. The van der Waals surface area contributed by atoms with Crippen molar-refractivity contribution in [3.63, 3.8) is 0 Å². The molecule has 0 aliphatic heterocycles. The maximum atomic E-state index is 12.7. The standard InChI is InChI=1S/C11H14ClF3N2OS2/c1-11(2,3)7-8(12)19-10(17-7)20(16,18)5-4-6(13)9(14)15/h16H,4-5H2,1-3H3. The minimum Gasteiger partial charge on any atom is -0.247 e. The molecule has 0 aliphatic carbocycles. The molecule has 3 nitrogen and oxygen atoms in total. The molecule has 1 rings (SSSR count). The van der Waals surface area contributed by atoms with Gasteiger partial charge in [0.25, 0.3) is 0 Å². The summed E-state index contributed by atoms with van der Waals surface area (Å²) in [7, 11) is -3.44. The van der Waals surface area contributed by atoms with Crippen molar-refractivity contribution < 1.29 is 17.4 Å². The van der Waals surface area contributed by atoms with Crippen LogP contribution in [0.1, 0.15) is 32.9 Å². The topological polar surface area (TPSA) is 53.8 Å². The van der Waals surface area contributed by atoms with Crippen LogP contribution in [0.2, 0.25) is 4.34 Å². The van der Waals surface area contributed by atoms with E-state index >= 15 is 0 Å². The highest BCUT2D eigenvalue weighted by Crippen LogP contribution is 2.36. The van der Waals surface area contributed by atoms with Gasteiger partial charge in [-0.15, -0.1) is 0 Å². The Bertz CT molecular complexity index is 629. The highest BCUT2D eigenvalue weighted by atomic mass is 35.5. The molecule has 0 aliphatic rings. The van der Waals surface area contributed by atoms with E-state index in [1.165, 1.54) is 0 Å². The van der Waals surface area contributed by atoms with E-state index in [4.69, 9.17) is 16.4 Å². The van der Waals surface area contributed by atoms with E-state index in [0.717, 1.165) is 11.3 Å². The third-order valence-corrected chi connectivity index (χ3v) is 5.91. The third kappa shape index (κ3) is 4.20. The lowest BCUT2D eigenvalue weighted by molar-refractivity contribution is 0.373. The second-order valence-electron chi connectivity index (χ2n) is 5.15. The number of nitrogens with zero attached hydrogens (tertiary/aromatic N) is 1. The van der Waals surface area contributed by atoms with Crippen molar-refractivity contribution >= 4 is 32.7 Å². The predicted molar refractivity (Wildman–Crippen MR) is 74.8 cm³/mol. The molecule has 1 heterocycles. The molecule has 1 atom stereocenters. The van der Waals surface area contributed by atoms with Gasteiger partial charge in [-0.05, 0) is 0 Å². The fourth-order valence-electron chi connectivity index (χ4n) is 1.30. The molecule has 0 fully saturated rings. The van der Waals surface area contributed by atoms with Gasteiger partial charge in [-0.2, -0.15) is 8.78 Å². The molecule has 20 heavy (non-hydrogen) atoms. The Morgan fingerprint density at radius 2 is 1.95 bits per heavy atom. The van der Waals surface area contributed by atoms with Gasteiger partial charge in [0, 0.05) is 17.6 Å². The average Bonchev–Trinajstić information content (AvgIpc) is 2.68. The molecule has 0 amide bonds. The summed E-state index contributed by atoms with van der Waals surface area (Å²) in [5, 5.41) is 0. The van der Waals surface area contributed by atoms with E-state index in [1.807, 2.05) is 20.8 Å². The van der Waals surface area contributed by atoms with Gasteiger partial charge >= 0.3 is 6.08 Å². The van der Waals surface area contributed by atoms with E-state index in [9.17, 15) is 17.4 Å². The van der Waals surface area contributed by atoms with Gasteiger partial charge in [0.15, 0.2) is 10.2 Å². The number of halogens is 4. The molecule has 1 unspecified atom stereocenters. The lowest BCUT2D eigenvalue weighted by Gasteiger charge is -2.15. The van der Waals surface area contributed by atoms with Crippen molar-refractivity contribution in [3.05, 3.63) is 21.9 Å². The molecule has 0 aromatic carbocycles. The van der Waals surface area contributed by atoms with Crippen LogP contribution >= 0.6 is 22.9 Å². The Labute approximate surface area is 124 Å². The van der Waals surface area contributed by atoms with Crippen LogP contribution in [0.15, 0.2) is 16.2 Å². The highest BCUT2D eigenvalue weighted by molar-refractivity contribution is 7.94. The first kappa shape index (κ1) is 17.5. The fraction of sp³-hybridized carbons (Fsp3) is 0.545. The Kier molecular flexibility index (Phi) is 5.26. The van der Waals surface area contributed by atoms with E-state index < -0.39 is 39.2 Å². The molecule has 1 aromatic rings. The molecule has 1 aromatic heterocycles. The maximum Gasteiger partial charge on any atom is 0.301 e. The van der Waals surface area contributed by atoms with Crippen LogP contribution in [-0.2, 0) is 15.1 Å². The summed E-state index contributed by atoms with van der Waals surface area (Å²) in [6, 6.07) is 0. The first-order chi connectivity index (χ1) is 8.95. The molecule has 1 N–H and O–H groups in total. The molecule has 0 radical (unpaired) electrons. The monoisotopic (exact) mass is 346 g/mol. The van der Waals surface area contributed by atoms with Crippen LogP contribution in [-0.4, -0.2) is 14.9 Å². The second-order valence-corrected chi connectivity index (χ2v) is 9.15. The van der Waals surface area contributed by atoms with Crippen LogP contribution in [0, 0.1) is 4.78 Å². The van der Waals surface area contributed by atoms with Crippen molar-refractivity contribution in [3.8, 4) is 0 Å². The number of hydrogen-bond acceptors (Lipinski definition) is 4. The minimum atomic E-state index is -3.44. The maximum absolute atomic E-state index is 12.7.